The summed E-state index contributed by atoms with van der Waals surface area (Å²) >= 11 is 0. The Hall–Kier alpha value is -3.31. The van der Waals surface area contributed by atoms with E-state index >= 15 is 0 Å². The van der Waals surface area contributed by atoms with Gasteiger partial charge in [0.15, 0.2) is 0 Å². The van der Waals surface area contributed by atoms with Crippen molar-refractivity contribution in [3.05, 3.63) is 78.8 Å². The summed E-state index contributed by atoms with van der Waals surface area (Å²) < 4.78 is 3.61. The number of hydrogen-bond acceptors (Lipinski definition) is 3. The molecular weight excluding hydrogens is 372 g/mol. The van der Waals surface area contributed by atoms with E-state index < -0.39 is 0 Å². The van der Waals surface area contributed by atoms with Crippen molar-refractivity contribution in [1.29, 1.82) is 0 Å². The number of carbonyl (C=O) groups excluding carboxylic acids is 1. The largest absolute Gasteiger partial charge is 0.380 e. The molecule has 0 radical (unpaired) electrons. The van der Waals surface area contributed by atoms with Crippen LogP contribution in [0.1, 0.15) is 31.3 Å². The standard InChI is InChI=1S/C24H25N3O.CH5N/c1-24(2,3)25-20-11-9-17(10-12-20)19-15-22(26(4)16-19)23(28)27-14-13-18-7-5-6-8-21(18)27;1-2/h5-16,25H,1-4H3;2H2,1H3. The predicted molar refractivity (Wildman–Crippen MR) is 126 cm³/mol. The predicted octanol–water partition coefficient (Wildman–Crippen LogP) is 5.12. The molecule has 5 nitrogen and oxygen atoms in total. The van der Waals surface area contributed by atoms with Crippen molar-refractivity contribution in [2.45, 2.75) is 26.3 Å². The van der Waals surface area contributed by atoms with Gasteiger partial charge in [-0.15, -0.1) is 0 Å². The van der Waals surface area contributed by atoms with E-state index in [4.69, 9.17) is 0 Å². The summed E-state index contributed by atoms with van der Waals surface area (Å²) in [6, 6.07) is 20.2. The minimum absolute atomic E-state index is 0.0212. The Labute approximate surface area is 178 Å². The Kier molecular flexibility index (Phi) is 6.13. The van der Waals surface area contributed by atoms with Crippen LogP contribution in [0.4, 0.5) is 5.69 Å². The quantitative estimate of drug-likeness (QED) is 0.500. The maximum atomic E-state index is 13.1. The first-order valence-corrected chi connectivity index (χ1v) is 10.1. The second-order valence-electron chi connectivity index (χ2n) is 8.23. The van der Waals surface area contributed by atoms with Crippen LogP contribution in [0.3, 0.4) is 0 Å². The Balaban J connectivity index is 0.00000124. The number of aromatic nitrogens is 2. The number of nitrogens with one attached hydrogen (secondary N) is 1. The molecule has 4 rings (SSSR count). The van der Waals surface area contributed by atoms with Crippen LogP contribution >= 0.6 is 0 Å². The van der Waals surface area contributed by atoms with E-state index in [1.54, 1.807) is 4.57 Å². The number of para-hydroxylation sites is 1. The van der Waals surface area contributed by atoms with E-state index in [0.29, 0.717) is 5.69 Å². The molecule has 0 aliphatic rings. The number of rotatable bonds is 3. The number of aryl methyl sites for hydroxylation is 1. The van der Waals surface area contributed by atoms with Gasteiger partial charge in [-0.2, -0.15) is 0 Å². The third kappa shape index (κ3) is 4.47. The Morgan fingerprint density at radius 1 is 0.933 bits per heavy atom. The fraction of sp³-hybridized carbons (Fsp3) is 0.240. The molecule has 0 fully saturated rings. The molecule has 156 valence electrons. The monoisotopic (exact) mass is 402 g/mol. The Bertz CT molecular complexity index is 1140. The minimum atomic E-state index is -0.0269. The molecule has 2 aromatic heterocycles. The zero-order valence-corrected chi connectivity index (χ0v) is 18.3. The molecule has 0 saturated carbocycles. The second-order valence-corrected chi connectivity index (χ2v) is 8.23. The van der Waals surface area contributed by atoms with Gasteiger partial charge in [-0.3, -0.25) is 9.36 Å². The molecule has 0 aliphatic carbocycles. The van der Waals surface area contributed by atoms with Gasteiger partial charge in [-0.25, -0.2) is 0 Å². The fourth-order valence-electron chi connectivity index (χ4n) is 3.50. The summed E-state index contributed by atoms with van der Waals surface area (Å²) in [5, 5.41) is 4.53. The van der Waals surface area contributed by atoms with Crippen LogP contribution in [0.25, 0.3) is 22.0 Å². The molecule has 5 heteroatoms. The van der Waals surface area contributed by atoms with Crippen molar-refractivity contribution in [3.63, 3.8) is 0 Å². The summed E-state index contributed by atoms with van der Waals surface area (Å²) in [6.45, 7) is 6.42. The Morgan fingerprint density at radius 3 is 2.27 bits per heavy atom. The molecule has 0 spiro atoms. The van der Waals surface area contributed by atoms with Crippen molar-refractivity contribution in [1.82, 2.24) is 9.13 Å². The Morgan fingerprint density at radius 2 is 1.60 bits per heavy atom. The summed E-state index contributed by atoms with van der Waals surface area (Å²) in [4.78, 5) is 13.1. The SMILES string of the molecule is CN.Cn1cc(-c2ccc(NC(C)(C)C)cc2)cc1C(=O)n1ccc2ccccc21. The molecule has 0 atom stereocenters. The summed E-state index contributed by atoms with van der Waals surface area (Å²) in [5.41, 5.74) is 9.31. The molecule has 0 saturated heterocycles. The van der Waals surface area contributed by atoms with E-state index in [9.17, 15) is 4.79 Å². The third-order valence-electron chi connectivity index (χ3n) is 4.78. The fourth-order valence-corrected chi connectivity index (χ4v) is 3.50. The first-order chi connectivity index (χ1) is 14.3. The van der Waals surface area contributed by atoms with E-state index in [2.05, 4.69) is 56.1 Å². The van der Waals surface area contributed by atoms with Crippen molar-refractivity contribution >= 4 is 22.5 Å². The highest BCUT2D eigenvalue weighted by atomic mass is 16.2. The third-order valence-corrected chi connectivity index (χ3v) is 4.78. The highest BCUT2D eigenvalue weighted by molar-refractivity contribution is 6.02. The molecule has 30 heavy (non-hydrogen) atoms. The number of nitrogens with zero attached hydrogens (tertiary/aromatic N) is 2. The normalized spacial score (nSPS) is 11.1. The number of hydrogen-bond donors (Lipinski definition) is 2. The average Bonchev–Trinajstić information content (AvgIpc) is 3.32. The summed E-state index contributed by atoms with van der Waals surface area (Å²) in [5.74, 6) is -0.0269. The molecule has 3 N–H and O–H groups in total. The molecule has 2 heterocycles. The van der Waals surface area contributed by atoms with Gasteiger partial charge in [0.05, 0.1) is 5.52 Å². The van der Waals surface area contributed by atoms with E-state index in [0.717, 1.165) is 27.7 Å². The molecule has 2 aromatic carbocycles. The van der Waals surface area contributed by atoms with Crippen LogP contribution < -0.4 is 11.1 Å². The lowest BCUT2D eigenvalue weighted by atomic mass is 10.1. The smallest absolute Gasteiger partial charge is 0.278 e. The summed E-state index contributed by atoms with van der Waals surface area (Å²) in [7, 11) is 3.41. The molecule has 0 amide bonds. The van der Waals surface area contributed by atoms with Crippen molar-refractivity contribution < 1.29 is 4.79 Å². The van der Waals surface area contributed by atoms with Crippen LogP contribution in [-0.2, 0) is 7.05 Å². The van der Waals surface area contributed by atoms with E-state index in [1.807, 2.05) is 60.4 Å². The average molecular weight is 403 g/mol. The molecule has 0 bridgehead atoms. The first-order valence-electron chi connectivity index (χ1n) is 10.1. The van der Waals surface area contributed by atoms with Gasteiger partial charge in [-0.1, -0.05) is 30.3 Å². The van der Waals surface area contributed by atoms with Crippen LogP contribution in [0, 0.1) is 0 Å². The topological polar surface area (TPSA) is 65.0 Å². The van der Waals surface area contributed by atoms with E-state index in [1.165, 1.54) is 7.05 Å². The van der Waals surface area contributed by atoms with Gasteiger partial charge < -0.3 is 15.6 Å². The highest BCUT2D eigenvalue weighted by Gasteiger charge is 2.16. The zero-order chi connectivity index (χ0) is 21.9. The van der Waals surface area contributed by atoms with Crippen molar-refractivity contribution in [2.24, 2.45) is 12.8 Å². The van der Waals surface area contributed by atoms with Crippen LogP contribution in [0.5, 0.6) is 0 Å². The van der Waals surface area contributed by atoms with Crippen molar-refractivity contribution in [3.8, 4) is 11.1 Å². The number of benzene rings is 2. The molecule has 0 aliphatic heterocycles. The lowest BCUT2D eigenvalue weighted by molar-refractivity contribution is 0.0957. The number of fused-ring (bicyclic) bond motifs is 1. The molecular formula is C25H30N4O. The van der Waals surface area contributed by atoms with Crippen LogP contribution in [0.2, 0.25) is 0 Å². The minimum Gasteiger partial charge on any atom is -0.380 e. The van der Waals surface area contributed by atoms with Gasteiger partial charge in [-0.05, 0) is 63.7 Å². The second kappa shape index (κ2) is 8.59. The van der Waals surface area contributed by atoms with Gasteiger partial charge in [0.1, 0.15) is 5.69 Å². The number of carbonyl (C=O) groups is 1. The lowest BCUT2D eigenvalue weighted by Gasteiger charge is -2.22. The van der Waals surface area contributed by atoms with Gasteiger partial charge in [0, 0.05) is 41.6 Å². The molecule has 0 unspecified atom stereocenters. The van der Waals surface area contributed by atoms with Gasteiger partial charge in [0.25, 0.3) is 5.91 Å². The number of anilines is 1. The highest BCUT2D eigenvalue weighted by Crippen LogP contribution is 2.26. The zero-order valence-electron chi connectivity index (χ0n) is 18.3. The maximum absolute atomic E-state index is 13.1. The van der Waals surface area contributed by atoms with Crippen LogP contribution in [0.15, 0.2) is 73.1 Å². The lowest BCUT2D eigenvalue weighted by Crippen LogP contribution is -2.25. The maximum Gasteiger partial charge on any atom is 0.278 e. The van der Waals surface area contributed by atoms with Crippen LogP contribution in [-0.4, -0.2) is 27.6 Å². The first kappa shape index (κ1) is 21.4. The summed E-state index contributed by atoms with van der Waals surface area (Å²) in [6.07, 6.45) is 3.84. The van der Waals surface area contributed by atoms with Gasteiger partial charge in [0.2, 0.25) is 0 Å². The van der Waals surface area contributed by atoms with E-state index in [-0.39, 0.29) is 11.4 Å². The molecule has 4 aromatic rings. The van der Waals surface area contributed by atoms with Crippen molar-refractivity contribution in [2.75, 3.05) is 12.4 Å². The van der Waals surface area contributed by atoms with Gasteiger partial charge >= 0.3 is 0 Å². The number of nitrogens with two attached hydrogens (primary N) is 1.